The van der Waals surface area contributed by atoms with E-state index < -0.39 is 41.7 Å². The number of nitrogens with one attached hydrogen (secondary N) is 1. The van der Waals surface area contributed by atoms with E-state index in [4.69, 9.17) is 4.74 Å². The Labute approximate surface area is 144 Å². The maximum atomic E-state index is 12.8. The normalized spacial score (nSPS) is 12.0. The summed E-state index contributed by atoms with van der Waals surface area (Å²) in [5, 5.41) is 2.43. The van der Waals surface area contributed by atoms with E-state index >= 15 is 0 Å². The van der Waals surface area contributed by atoms with Crippen LogP contribution in [-0.4, -0.2) is 12.5 Å². The standard InChI is InChI=1S/C17H13F6NO2/c1-10-3-2-4-13(5-10)24-15(25)9-26-14-7-11(16(18,19)20)6-12(8-14)17(21,22)23/h2-8H,9H2,1H3,(H,24,25). The lowest BCUT2D eigenvalue weighted by atomic mass is 10.1. The molecule has 26 heavy (non-hydrogen) atoms. The highest BCUT2D eigenvalue weighted by Crippen LogP contribution is 2.38. The van der Waals surface area contributed by atoms with Gasteiger partial charge in [-0.05, 0) is 42.8 Å². The van der Waals surface area contributed by atoms with Gasteiger partial charge < -0.3 is 10.1 Å². The van der Waals surface area contributed by atoms with Crippen LogP contribution in [0.15, 0.2) is 42.5 Å². The van der Waals surface area contributed by atoms with Crippen LogP contribution in [-0.2, 0) is 17.1 Å². The van der Waals surface area contributed by atoms with Crippen LogP contribution >= 0.6 is 0 Å². The van der Waals surface area contributed by atoms with Gasteiger partial charge in [-0.2, -0.15) is 26.3 Å². The Bertz CT molecular complexity index is 766. The van der Waals surface area contributed by atoms with Gasteiger partial charge in [-0.1, -0.05) is 12.1 Å². The van der Waals surface area contributed by atoms with Crippen LogP contribution < -0.4 is 10.1 Å². The van der Waals surface area contributed by atoms with Gasteiger partial charge in [0.1, 0.15) is 5.75 Å². The summed E-state index contributed by atoms with van der Waals surface area (Å²) in [6.45, 7) is 1.04. The molecule has 0 radical (unpaired) electrons. The molecule has 0 aromatic heterocycles. The molecule has 0 unspecified atom stereocenters. The largest absolute Gasteiger partial charge is 0.484 e. The fourth-order valence-electron chi connectivity index (χ4n) is 2.08. The van der Waals surface area contributed by atoms with Crippen molar-refractivity contribution in [1.82, 2.24) is 0 Å². The molecule has 9 heteroatoms. The van der Waals surface area contributed by atoms with Gasteiger partial charge in [0.25, 0.3) is 5.91 Å². The zero-order valence-electron chi connectivity index (χ0n) is 13.3. The molecule has 0 fully saturated rings. The molecule has 1 N–H and O–H groups in total. The summed E-state index contributed by atoms with van der Waals surface area (Å²) in [6, 6.07) is 7.49. The minimum Gasteiger partial charge on any atom is -0.484 e. The topological polar surface area (TPSA) is 38.3 Å². The van der Waals surface area contributed by atoms with E-state index in [9.17, 15) is 31.1 Å². The highest BCUT2D eigenvalue weighted by atomic mass is 19.4. The predicted octanol–water partition coefficient (Wildman–Crippen LogP) is 5.05. The first-order valence-corrected chi connectivity index (χ1v) is 7.24. The lowest BCUT2D eigenvalue weighted by Gasteiger charge is -2.14. The summed E-state index contributed by atoms with van der Waals surface area (Å²) >= 11 is 0. The van der Waals surface area contributed by atoms with Crippen LogP contribution in [0.25, 0.3) is 0 Å². The summed E-state index contributed by atoms with van der Waals surface area (Å²) in [6.07, 6.45) is -9.97. The number of alkyl halides is 6. The van der Waals surface area contributed by atoms with Crippen LogP contribution in [0.5, 0.6) is 5.75 Å². The summed E-state index contributed by atoms with van der Waals surface area (Å²) in [4.78, 5) is 11.8. The molecule has 1 amide bonds. The lowest BCUT2D eigenvalue weighted by molar-refractivity contribution is -0.143. The maximum absolute atomic E-state index is 12.8. The molecule has 3 nitrogen and oxygen atoms in total. The summed E-state index contributed by atoms with van der Waals surface area (Å²) in [5.74, 6) is -1.42. The molecule has 2 aromatic carbocycles. The fraction of sp³-hybridized carbons (Fsp3) is 0.235. The molecule has 0 aliphatic rings. The van der Waals surface area contributed by atoms with Gasteiger partial charge in [0.05, 0.1) is 11.1 Å². The van der Waals surface area contributed by atoms with Crippen LogP contribution in [0.2, 0.25) is 0 Å². The first-order chi connectivity index (χ1) is 11.9. The smallest absolute Gasteiger partial charge is 0.416 e. The molecule has 140 valence electrons. The molecule has 0 heterocycles. The van der Waals surface area contributed by atoms with E-state index in [0.717, 1.165) is 5.56 Å². The average molecular weight is 377 g/mol. The second kappa shape index (κ2) is 7.27. The molecule has 0 bridgehead atoms. The number of aryl methyl sites for hydroxylation is 1. The van der Waals surface area contributed by atoms with Crippen molar-refractivity contribution in [3.8, 4) is 5.75 Å². The average Bonchev–Trinajstić information content (AvgIpc) is 2.51. The maximum Gasteiger partial charge on any atom is 0.416 e. The molecule has 0 aliphatic heterocycles. The number of carbonyl (C=O) groups excluding carboxylic acids is 1. The van der Waals surface area contributed by atoms with Crippen molar-refractivity contribution in [2.45, 2.75) is 19.3 Å². The van der Waals surface area contributed by atoms with Crippen molar-refractivity contribution < 1.29 is 35.9 Å². The third-order valence-electron chi connectivity index (χ3n) is 3.23. The molecule has 0 saturated heterocycles. The first kappa shape index (κ1) is 19.6. The number of amides is 1. The Kier molecular flexibility index (Phi) is 5.48. The van der Waals surface area contributed by atoms with E-state index in [1.54, 1.807) is 31.2 Å². The Hall–Kier alpha value is -2.71. The van der Waals surface area contributed by atoms with Crippen molar-refractivity contribution in [3.63, 3.8) is 0 Å². The van der Waals surface area contributed by atoms with Crippen LogP contribution in [0.1, 0.15) is 16.7 Å². The van der Waals surface area contributed by atoms with Gasteiger partial charge in [0.15, 0.2) is 6.61 Å². The molecule has 0 saturated carbocycles. The third kappa shape index (κ3) is 5.40. The molecule has 0 atom stereocenters. The van der Waals surface area contributed by atoms with Crippen LogP contribution in [0, 0.1) is 6.92 Å². The Morgan fingerprint density at radius 1 is 0.962 bits per heavy atom. The van der Waals surface area contributed by atoms with E-state index in [1.807, 2.05) is 0 Å². The second-order valence-corrected chi connectivity index (χ2v) is 5.45. The Balaban J connectivity index is 2.14. The summed E-state index contributed by atoms with van der Waals surface area (Å²) in [7, 11) is 0. The quantitative estimate of drug-likeness (QED) is 0.758. The summed E-state index contributed by atoms with van der Waals surface area (Å²) < 4.78 is 81.4. The van der Waals surface area contributed by atoms with Crippen LogP contribution in [0.4, 0.5) is 32.0 Å². The molecular formula is C17H13F6NO2. The Morgan fingerprint density at radius 3 is 2.04 bits per heavy atom. The number of hydrogen-bond acceptors (Lipinski definition) is 2. The first-order valence-electron chi connectivity index (χ1n) is 7.24. The number of rotatable bonds is 4. The Morgan fingerprint density at radius 2 is 1.54 bits per heavy atom. The van der Waals surface area contributed by atoms with Gasteiger partial charge in [0.2, 0.25) is 0 Å². The molecule has 2 rings (SSSR count). The number of carbonyl (C=O) groups is 1. The molecule has 0 aliphatic carbocycles. The summed E-state index contributed by atoms with van der Waals surface area (Å²) in [5.41, 5.74) is -1.74. The van der Waals surface area contributed by atoms with Gasteiger partial charge >= 0.3 is 12.4 Å². The third-order valence-corrected chi connectivity index (χ3v) is 3.23. The monoisotopic (exact) mass is 377 g/mol. The lowest BCUT2D eigenvalue weighted by Crippen LogP contribution is -2.20. The fourth-order valence-corrected chi connectivity index (χ4v) is 2.08. The number of hydrogen-bond donors (Lipinski definition) is 1. The zero-order chi connectivity index (χ0) is 19.5. The van der Waals surface area contributed by atoms with E-state index in [-0.39, 0.29) is 6.07 Å². The van der Waals surface area contributed by atoms with Crippen molar-refractivity contribution in [2.24, 2.45) is 0 Å². The number of halogens is 6. The van der Waals surface area contributed by atoms with E-state index in [0.29, 0.717) is 17.8 Å². The molecule has 0 spiro atoms. The van der Waals surface area contributed by atoms with Gasteiger partial charge in [-0.3, -0.25) is 4.79 Å². The van der Waals surface area contributed by atoms with E-state index in [1.165, 1.54) is 0 Å². The minimum absolute atomic E-state index is 0.0142. The van der Waals surface area contributed by atoms with Gasteiger partial charge in [-0.25, -0.2) is 0 Å². The SMILES string of the molecule is Cc1cccc(NC(=O)COc2cc(C(F)(F)F)cc(C(F)(F)F)c2)c1. The number of anilines is 1. The predicted molar refractivity (Wildman–Crippen MR) is 81.7 cm³/mol. The molecular weight excluding hydrogens is 364 g/mol. The van der Waals surface area contributed by atoms with Crippen molar-refractivity contribution in [2.75, 3.05) is 11.9 Å². The van der Waals surface area contributed by atoms with E-state index in [2.05, 4.69) is 5.32 Å². The zero-order valence-corrected chi connectivity index (χ0v) is 13.3. The van der Waals surface area contributed by atoms with Crippen molar-refractivity contribution in [3.05, 3.63) is 59.2 Å². The van der Waals surface area contributed by atoms with Gasteiger partial charge in [-0.15, -0.1) is 0 Å². The second-order valence-electron chi connectivity index (χ2n) is 5.45. The number of ether oxygens (including phenoxy) is 1. The van der Waals surface area contributed by atoms with Gasteiger partial charge in [0, 0.05) is 5.69 Å². The van der Waals surface area contributed by atoms with Crippen molar-refractivity contribution in [1.29, 1.82) is 0 Å². The highest BCUT2D eigenvalue weighted by molar-refractivity contribution is 5.91. The molecule has 2 aromatic rings. The minimum atomic E-state index is -4.98. The number of benzene rings is 2. The van der Waals surface area contributed by atoms with Crippen LogP contribution in [0.3, 0.4) is 0 Å². The highest BCUT2D eigenvalue weighted by Gasteiger charge is 2.37. The van der Waals surface area contributed by atoms with Crippen molar-refractivity contribution >= 4 is 11.6 Å².